The van der Waals surface area contributed by atoms with Gasteiger partial charge in [0, 0.05) is 32.1 Å². The van der Waals surface area contributed by atoms with Gasteiger partial charge in [0.15, 0.2) is 0 Å². The molecule has 0 spiro atoms. The second-order valence-electron chi connectivity index (χ2n) is 6.76. The fourth-order valence-electron chi connectivity index (χ4n) is 3.09. The van der Waals surface area contributed by atoms with E-state index in [1.807, 2.05) is 36.1 Å². The number of benzene rings is 2. The molecule has 7 heteroatoms. The highest BCUT2D eigenvalue weighted by atomic mass is 32.2. The molecule has 144 valence electrons. The molecule has 5 nitrogen and oxygen atoms in total. The average Bonchev–Trinajstić information content (AvgIpc) is 3.09. The van der Waals surface area contributed by atoms with E-state index >= 15 is 0 Å². The van der Waals surface area contributed by atoms with Crippen LogP contribution in [-0.4, -0.2) is 44.5 Å². The first-order chi connectivity index (χ1) is 12.8. The number of sulfonamides is 1. The summed E-state index contributed by atoms with van der Waals surface area (Å²) in [6.45, 7) is 2.63. The molecular weight excluding hydrogens is 380 g/mol. The van der Waals surface area contributed by atoms with Crippen LogP contribution in [0, 0.1) is 0 Å². The summed E-state index contributed by atoms with van der Waals surface area (Å²) in [5, 5.41) is -0.203. The van der Waals surface area contributed by atoms with Crippen molar-refractivity contribution >= 4 is 33.4 Å². The predicted octanol–water partition coefficient (Wildman–Crippen LogP) is 3.15. The molecule has 3 rings (SSSR count). The number of carbonyl (C=O) groups excluding carboxylic acids is 1. The summed E-state index contributed by atoms with van der Waals surface area (Å²) in [4.78, 5) is 15.0. The van der Waals surface area contributed by atoms with Crippen molar-refractivity contribution in [1.29, 1.82) is 0 Å². The largest absolute Gasteiger partial charge is 0.311 e. The zero-order chi connectivity index (χ0) is 19.6. The maximum absolute atomic E-state index is 12.8. The number of carbonyl (C=O) groups is 1. The molecule has 1 atom stereocenters. The van der Waals surface area contributed by atoms with E-state index in [1.165, 1.54) is 35.7 Å². The molecule has 1 amide bonds. The third kappa shape index (κ3) is 4.20. The van der Waals surface area contributed by atoms with Gasteiger partial charge < -0.3 is 4.90 Å². The predicted molar refractivity (Wildman–Crippen MR) is 111 cm³/mol. The number of amides is 1. The van der Waals surface area contributed by atoms with E-state index in [-0.39, 0.29) is 16.1 Å². The number of hydrogen-bond acceptors (Lipinski definition) is 4. The Morgan fingerprint density at radius 1 is 1.19 bits per heavy atom. The minimum Gasteiger partial charge on any atom is -0.311 e. The fourth-order valence-corrected chi connectivity index (χ4v) is 4.95. The Bertz CT molecular complexity index is 942. The van der Waals surface area contributed by atoms with Crippen LogP contribution in [0.3, 0.4) is 0 Å². The van der Waals surface area contributed by atoms with Crippen LogP contribution in [0.1, 0.15) is 18.1 Å². The van der Waals surface area contributed by atoms with E-state index in [1.54, 1.807) is 18.2 Å². The summed E-state index contributed by atoms with van der Waals surface area (Å²) in [7, 11) is -0.413. The lowest BCUT2D eigenvalue weighted by molar-refractivity contribution is -0.117. The Hall–Kier alpha value is -1.83. The first-order valence-electron chi connectivity index (χ1n) is 8.83. The van der Waals surface area contributed by atoms with Crippen molar-refractivity contribution in [2.75, 3.05) is 25.5 Å². The Balaban J connectivity index is 1.66. The van der Waals surface area contributed by atoms with E-state index in [4.69, 9.17) is 0 Å². The van der Waals surface area contributed by atoms with Crippen molar-refractivity contribution in [3.63, 3.8) is 0 Å². The third-order valence-corrected chi connectivity index (χ3v) is 7.69. The van der Waals surface area contributed by atoms with Crippen molar-refractivity contribution < 1.29 is 13.2 Å². The molecule has 0 fully saturated rings. The van der Waals surface area contributed by atoms with E-state index in [9.17, 15) is 13.2 Å². The van der Waals surface area contributed by atoms with Crippen molar-refractivity contribution in [3.05, 3.63) is 59.7 Å². The summed E-state index contributed by atoms with van der Waals surface area (Å²) in [6.07, 6.45) is 0.893. The van der Waals surface area contributed by atoms with Gasteiger partial charge in [0.2, 0.25) is 15.9 Å². The lowest BCUT2D eigenvalue weighted by atomic mass is 10.2. The molecular formula is C20H24N2O3S2. The molecule has 0 aromatic heterocycles. The molecule has 2 aromatic carbocycles. The summed E-state index contributed by atoms with van der Waals surface area (Å²) >= 11 is 1.53. The van der Waals surface area contributed by atoms with E-state index in [2.05, 4.69) is 6.07 Å². The van der Waals surface area contributed by atoms with Gasteiger partial charge in [-0.2, -0.15) is 0 Å². The molecule has 1 aliphatic heterocycles. The van der Waals surface area contributed by atoms with Crippen LogP contribution in [-0.2, 0) is 27.0 Å². The molecule has 0 saturated carbocycles. The highest BCUT2D eigenvalue weighted by Crippen LogP contribution is 2.30. The van der Waals surface area contributed by atoms with Crippen molar-refractivity contribution in [1.82, 2.24) is 4.31 Å². The van der Waals surface area contributed by atoms with Crippen LogP contribution in [0.5, 0.6) is 0 Å². The first kappa shape index (κ1) is 19.9. The number of para-hydroxylation sites is 1. The quantitative estimate of drug-likeness (QED) is 0.742. The number of fused-ring (bicyclic) bond motifs is 1. The van der Waals surface area contributed by atoms with E-state index in [0.29, 0.717) is 5.75 Å². The van der Waals surface area contributed by atoms with Crippen LogP contribution in [0.4, 0.5) is 5.69 Å². The zero-order valence-corrected chi connectivity index (χ0v) is 17.4. The second kappa shape index (κ2) is 8.04. The normalized spacial score (nSPS) is 15.0. The Kier molecular flexibility index (Phi) is 5.93. The third-order valence-electron chi connectivity index (χ3n) is 4.68. The lowest BCUT2D eigenvalue weighted by Crippen LogP contribution is -2.35. The smallest absolute Gasteiger partial charge is 0.242 e. The van der Waals surface area contributed by atoms with Crippen LogP contribution < -0.4 is 4.90 Å². The standard InChI is InChI=1S/C20H24N2O3S2/c1-15(20(23)22-12-11-17-8-4-5-10-19(17)22)26-14-16-7-6-9-18(13-16)27(24,25)21(2)3/h4-10,13,15H,11-12,14H2,1-3H3/t15-/m0/s1. The van der Waals surface area contributed by atoms with Crippen molar-refractivity contribution in [2.24, 2.45) is 0 Å². The van der Waals surface area contributed by atoms with Crippen molar-refractivity contribution in [2.45, 2.75) is 29.2 Å². The first-order valence-corrected chi connectivity index (χ1v) is 11.3. The SMILES string of the molecule is C[C@H](SCc1cccc(S(=O)(=O)N(C)C)c1)C(=O)N1CCc2ccccc21. The van der Waals surface area contributed by atoms with Gasteiger partial charge in [0.05, 0.1) is 10.1 Å². The van der Waals surface area contributed by atoms with E-state index in [0.717, 1.165) is 24.2 Å². The van der Waals surface area contributed by atoms with E-state index < -0.39 is 10.0 Å². The maximum Gasteiger partial charge on any atom is 0.242 e. The molecule has 0 aliphatic carbocycles. The molecule has 0 radical (unpaired) electrons. The monoisotopic (exact) mass is 404 g/mol. The number of thioether (sulfide) groups is 1. The minimum absolute atomic E-state index is 0.0991. The Labute approximate surface area is 165 Å². The second-order valence-corrected chi connectivity index (χ2v) is 10.2. The molecule has 1 heterocycles. The lowest BCUT2D eigenvalue weighted by Gasteiger charge is -2.21. The van der Waals surface area contributed by atoms with Gasteiger partial charge >= 0.3 is 0 Å². The summed E-state index contributed by atoms with van der Waals surface area (Å²) in [5.41, 5.74) is 3.11. The minimum atomic E-state index is -3.45. The molecule has 0 N–H and O–H groups in total. The van der Waals surface area contributed by atoms with Gasteiger partial charge in [0.1, 0.15) is 0 Å². The average molecular weight is 405 g/mol. The van der Waals surface area contributed by atoms with Gasteiger partial charge in [-0.3, -0.25) is 4.79 Å². The summed E-state index contributed by atoms with van der Waals surface area (Å²) in [5.74, 6) is 0.682. The zero-order valence-electron chi connectivity index (χ0n) is 15.8. The van der Waals surface area contributed by atoms with Gasteiger partial charge in [-0.15, -0.1) is 11.8 Å². The van der Waals surface area contributed by atoms with Crippen LogP contribution in [0.15, 0.2) is 53.4 Å². The highest BCUT2D eigenvalue weighted by Gasteiger charge is 2.28. The Morgan fingerprint density at radius 2 is 1.93 bits per heavy atom. The molecule has 27 heavy (non-hydrogen) atoms. The summed E-state index contributed by atoms with van der Waals surface area (Å²) in [6, 6.07) is 14.9. The van der Waals surface area contributed by atoms with Crippen molar-refractivity contribution in [3.8, 4) is 0 Å². The highest BCUT2D eigenvalue weighted by molar-refractivity contribution is 7.99. The molecule has 0 bridgehead atoms. The van der Waals surface area contributed by atoms with Crippen LogP contribution in [0.2, 0.25) is 0 Å². The molecule has 0 saturated heterocycles. The van der Waals surface area contributed by atoms with Crippen LogP contribution in [0.25, 0.3) is 0 Å². The fraction of sp³-hybridized carbons (Fsp3) is 0.350. The van der Waals surface area contributed by atoms with Gasteiger partial charge in [-0.1, -0.05) is 30.3 Å². The Morgan fingerprint density at radius 3 is 2.67 bits per heavy atom. The molecule has 2 aromatic rings. The number of rotatable bonds is 6. The molecule has 1 aliphatic rings. The van der Waals surface area contributed by atoms with Gasteiger partial charge in [-0.25, -0.2) is 12.7 Å². The molecule has 0 unspecified atom stereocenters. The maximum atomic E-state index is 12.8. The number of hydrogen-bond donors (Lipinski definition) is 0. The summed E-state index contributed by atoms with van der Waals surface area (Å²) < 4.78 is 25.8. The topological polar surface area (TPSA) is 57.7 Å². The van der Waals surface area contributed by atoms with Gasteiger partial charge in [0.25, 0.3) is 0 Å². The number of anilines is 1. The van der Waals surface area contributed by atoms with Gasteiger partial charge in [-0.05, 0) is 42.7 Å². The van der Waals surface area contributed by atoms with Crippen LogP contribution >= 0.6 is 11.8 Å². The number of nitrogens with zero attached hydrogens (tertiary/aromatic N) is 2.